The molecule has 3 nitrogen and oxygen atoms in total. The summed E-state index contributed by atoms with van der Waals surface area (Å²) in [5, 5.41) is 13.4. The number of nitrogens with zero attached hydrogens (tertiary/aromatic N) is 1. The van der Waals surface area contributed by atoms with E-state index in [1.807, 2.05) is 13.0 Å². The van der Waals surface area contributed by atoms with E-state index < -0.39 is 0 Å². The lowest BCUT2D eigenvalue weighted by molar-refractivity contribution is 0.267. The summed E-state index contributed by atoms with van der Waals surface area (Å²) in [6, 6.07) is 6.59. The van der Waals surface area contributed by atoms with Gasteiger partial charge in [0, 0.05) is 36.4 Å². The maximum Gasteiger partial charge on any atom is 0.0455 e. The lowest BCUT2D eigenvalue weighted by atomic mass is 10.1. The molecule has 0 bridgehead atoms. The van der Waals surface area contributed by atoms with Crippen molar-refractivity contribution in [2.45, 2.75) is 25.8 Å². The fourth-order valence-electron chi connectivity index (χ4n) is 2.36. The van der Waals surface area contributed by atoms with Gasteiger partial charge in [-0.25, -0.2) is 0 Å². The molecular weight excluding hydrogens is 248 g/mol. The summed E-state index contributed by atoms with van der Waals surface area (Å²) >= 11 is 6.19. The average Bonchev–Trinajstić information content (AvgIpc) is 2.59. The van der Waals surface area contributed by atoms with Crippen LogP contribution in [-0.4, -0.2) is 37.4 Å². The Kier molecular flexibility index (Phi) is 4.87. The molecular formula is C14H21ClN2O. The summed E-state index contributed by atoms with van der Waals surface area (Å²) in [7, 11) is 0. The second kappa shape index (κ2) is 6.41. The topological polar surface area (TPSA) is 35.5 Å². The largest absolute Gasteiger partial charge is 0.396 e. The normalized spacial score (nSPS) is 20.8. The highest BCUT2D eigenvalue weighted by Gasteiger charge is 2.17. The highest BCUT2D eigenvalue weighted by molar-refractivity contribution is 6.31. The number of hydrogen-bond donors (Lipinski definition) is 2. The molecule has 1 aromatic carbocycles. The van der Waals surface area contributed by atoms with Crippen LogP contribution in [0.1, 0.15) is 18.4 Å². The number of hydrogen-bond acceptors (Lipinski definition) is 3. The second-order valence-electron chi connectivity index (χ2n) is 4.90. The molecule has 1 unspecified atom stereocenters. The number of rotatable bonds is 3. The van der Waals surface area contributed by atoms with Crippen LogP contribution >= 0.6 is 11.6 Å². The lowest BCUT2D eigenvalue weighted by Gasteiger charge is -2.26. The standard InChI is InChI=1S/C14H21ClN2O/c1-11-3-4-13(9-14(11)15)17-7-2-6-16-12(10-17)5-8-18/h3-4,9,12,16,18H,2,5-8,10H2,1H3. The zero-order chi connectivity index (χ0) is 13.0. The van der Waals surface area contributed by atoms with E-state index in [-0.39, 0.29) is 6.61 Å². The fraction of sp³-hybridized carbons (Fsp3) is 0.571. The number of aryl methyl sites for hydroxylation is 1. The van der Waals surface area contributed by atoms with Crippen LogP contribution in [0.15, 0.2) is 18.2 Å². The van der Waals surface area contributed by atoms with Crippen molar-refractivity contribution >= 4 is 17.3 Å². The van der Waals surface area contributed by atoms with E-state index in [1.54, 1.807) is 0 Å². The first-order chi connectivity index (χ1) is 8.70. The Morgan fingerprint density at radius 2 is 2.33 bits per heavy atom. The number of nitrogens with one attached hydrogen (secondary N) is 1. The van der Waals surface area contributed by atoms with Gasteiger partial charge in [-0.3, -0.25) is 0 Å². The molecule has 0 aromatic heterocycles. The van der Waals surface area contributed by atoms with Crippen LogP contribution in [0.3, 0.4) is 0 Å². The first kappa shape index (κ1) is 13.7. The van der Waals surface area contributed by atoms with Gasteiger partial charge in [0.25, 0.3) is 0 Å². The predicted octanol–water partition coefficient (Wildman–Crippen LogP) is 2.20. The van der Waals surface area contributed by atoms with E-state index in [1.165, 1.54) is 5.69 Å². The predicted molar refractivity (Wildman–Crippen MR) is 76.5 cm³/mol. The molecule has 1 fully saturated rings. The van der Waals surface area contributed by atoms with Crippen LogP contribution in [-0.2, 0) is 0 Å². The molecule has 4 heteroatoms. The number of aliphatic hydroxyl groups excluding tert-OH is 1. The first-order valence-corrected chi connectivity index (χ1v) is 6.94. The maximum absolute atomic E-state index is 9.07. The summed E-state index contributed by atoms with van der Waals surface area (Å²) in [5.41, 5.74) is 2.29. The molecule has 1 saturated heterocycles. The van der Waals surface area contributed by atoms with E-state index in [2.05, 4.69) is 22.3 Å². The van der Waals surface area contributed by atoms with Gasteiger partial charge in [-0.05, 0) is 44.0 Å². The summed E-state index contributed by atoms with van der Waals surface area (Å²) in [6.45, 7) is 5.24. The molecule has 0 spiro atoms. The third-order valence-electron chi connectivity index (χ3n) is 3.48. The van der Waals surface area contributed by atoms with E-state index in [0.29, 0.717) is 6.04 Å². The third-order valence-corrected chi connectivity index (χ3v) is 3.88. The third kappa shape index (κ3) is 3.37. The Bertz CT molecular complexity index is 397. The number of anilines is 1. The van der Waals surface area contributed by atoms with Crippen molar-refractivity contribution in [3.05, 3.63) is 28.8 Å². The Morgan fingerprint density at radius 3 is 3.06 bits per heavy atom. The lowest BCUT2D eigenvalue weighted by Crippen LogP contribution is -2.38. The minimum atomic E-state index is 0.236. The summed E-state index contributed by atoms with van der Waals surface area (Å²) in [4.78, 5) is 2.35. The molecule has 2 N–H and O–H groups in total. The second-order valence-corrected chi connectivity index (χ2v) is 5.30. The van der Waals surface area contributed by atoms with Gasteiger partial charge in [-0.2, -0.15) is 0 Å². The quantitative estimate of drug-likeness (QED) is 0.882. The molecule has 100 valence electrons. The Hall–Kier alpha value is -0.770. The van der Waals surface area contributed by atoms with E-state index in [4.69, 9.17) is 16.7 Å². The molecule has 18 heavy (non-hydrogen) atoms. The van der Waals surface area contributed by atoms with Crippen molar-refractivity contribution in [1.29, 1.82) is 0 Å². The molecule has 1 aromatic rings. The van der Waals surface area contributed by atoms with Crippen LogP contribution in [0, 0.1) is 6.92 Å². The van der Waals surface area contributed by atoms with E-state index >= 15 is 0 Å². The SMILES string of the molecule is Cc1ccc(N2CCCNC(CCO)C2)cc1Cl. The van der Waals surface area contributed by atoms with Crippen molar-refractivity contribution < 1.29 is 5.11 Å². The number of halogens is 1. The zero-order valence-electron chi connectivity index (χ0n) is 10.8. The van der Waals surface area contributed by atoms with Crippen molar-refractivity contribution in [2.24, 2.45) is 0 Å². The van der Waals surface area contributed by atoms with Gasteiger partial charge in [0.2, 0.25) is 0 Å². The van der Waals surface area contributed by atoms with Crippen LogP contribution < -0.4 is 10.2 Å². The van der Waals surface area contributed by atoms with E-state index in [0.717, 1.165) is 43.1 Å². The van der Waals surface area contributed by atoms with Gasteiger partial charge in [-0.15, -0.1) is 0 Å². The van der Waals surface area contributed by atoms with Crippen LogP contribution in [0.5, 0.6) is 0 Å². The summed E-state index contributed by atoms with van der Waals surface area (Å²) < 4.78 is 0. The highest BCUT2D eigenvalue weighted by atomic mass is 35.5. The van der Waals surface area contributed by atoms with Gasteiger partial charge < -0.3 is 15.3 Å². The summed E-state index contributed by atoms with van der Waals surface area (Å²) in [5.74, 6) is 0. The molecule has 1 heterocycles. The minimum Gasteiger partial charge on any atom is -0.396 e. The van der Waals surface area contributed by atoms with Gasteiger partial charge in [0.1, 0.15) is 0 Å². The number of aliphatic hydroxyl groups is 1. The monoisotopic (exact) mass is 268 g/mol. The Morgan fingerprint density at radius 1 is 1.50 bits per heavy atom. The first-order valence-electron chi connectivity index (χ1n) is 6.56. The molecule has 0 aliphatic carbocycles. The average molecular weight is 269 g/mol. The maximum atomic E-state index is 9.07. The van der Waals surface area contributed by atoms with Gasteiger partial charge in [-0.1, -0.05) is 17.7 Å². The van der Waals surface area contributed by atoms with Crippen molar-refractivity contribution in [3.63, 3.8) is 0 Å². The Balaban J connectivity index is 2.12. The minimum absolute atomic E-state index is 0.236. The van der Waals surface area contributed by atoms with Crippen LogP contribution in [0.25, 0.3) is 0 Å². The Labute approximate surface area is 114 Å². The van der Waals surface area contributed by atoms with Gasteiger partial charge in [0.15, 0.2) is 0 Å². The molecule has 1 aliphatic heterocycles. The van der Waals surface area contributed by atoms with E-state index in [9.17, 15) is 0 Å². The molecule has 0 amide bonds. The van der Waals surface area contributed by atoms with Gasteiger partial charge in [0.05, 0.1) is 0 Å². The molecule has 1 aliphatic rings. The molecule has 1 atom stereocenters. The van der Waals surface area contributed by atoms with Crippen LogP contribution in [0.2, 0.25) is 5.02 Å². The van der Waals surface area contributed by atoms with Gasteiger partial charge >= 0.3 is 0 Å². The van der Waals surface area contributed by atoms with Crippen molar-refractivity contribution in [1.82, 2.24) is 5.32 Å². The highest BCUT2D eigenvalue weighted by Crippen LogP contribution is 2.24. The van der Waals surface area contributed by atoms with Crippen molar-refractivity contribution in [2.75, 3.05) is 31.1 Å². The molecule has 0 radical (unpaired) electrons. The zero-order valence-corrected chi connectivity index (χ0v) is 11.6. The molecule has 0 saturated carbocycles. The summed E-state index contributed by atoms with van der Waals surface area (Å²) in [6.07, 6.45) is 1.92. The molecule has 2 rings (SSSR count). The number of benzene rings is 1. The smallest absolute Gasteiger partial charge is 0.0455 e. The van der Waals surface area contributed by atoms with Crippen molar-refractivity contribution in [3.8, 4) is 0 Å². The van der Waals surface area contributed by atoms with Crippen LogP contribution in [0.4, 0.5) is 5.69 Å². The fourth-order valence-corrected chi connectivity index (χ4v) is 2.53.